The zero-order valence-electron chi connectivity index (χ0n) is 13.1. The summed E-state index contributed by atoms with van der Waals surface area (Å²) in [5.41, 5.74) is 2.15. The number of halogens is 1. The second-order valence-electron chi connectivity index (χ2n) is 6.29. The molecule has 3 nitrogen and oxygen atoms in total. The zero-order valence-corrected chi connectivity index (χ0v) is 13.9. The molecule has 0 spiro atoms. The van der Waals surface area contributed by atoms with Crippen LogP contribution in [0.2, 0.25) is 0 Å². The molecule has 4 heteroatoms. The van der Waals surface area contributed by atoms with Crippen molar-refractivity contribution in [3.05, 3.63) is 24.0 Å². The molecule has 1 heterocycles. The molecular weight excluding hydrogens is 284 g/mol. The first-order valence-corrected chi connectivity index (χ1v) is 8.16. The third-order valence-corrected chi connectivity index (χ3v) is 5.23. The quantitative estimate of drug-likeness (QED) is 0.750. The van der Waals surface area contributed by atoms with Crippen molar-refractivity contribution in [2.75, 3.05) is 7.11 Å². The number of fused-ring (bicyclic) bond motifs is 1. The minimum atomic E-state index is -0.0912. The maximum atomic E-state index is 6.40. The standard InChI is InChI=1S/C17H23ClN2O/c1-10-5-7-15(11(10)2)20-16-8-6-13(21-4)9-14(16)19-17(20)12(3)18/h6,8-12,15H,5,7H2,1-4H3. The van der Waals surface area contributed by atoms with Gasteiger partial charge in [-0.25, -0.2) is 4.98 Å². The molecule has 4 atom stereocenters. The van der Waals surface area contributed by atoms with Crippen LogP contribution in [-0.4, -0.2) is 16.7 Å². The third-order valence-electron chi connectivity index (χ3n) is 5.03. The van der Waals surface area contributed by atoms with Crippen LogP contribution in [0.25, 0.3) is 11.0 Å². The molecule has 0 aliphatic heterocycles. The molecular formula is C17H23ClN2O. The van der Waals surface area contributed by atoms with E-state index < -0.39 is 0 Å². The van der Waals surface area contributed by atoms with Crippen LogP contribution >= 0.6 is 11.6 Å². The van der Waals surface area contributed by atoms with E-state index >= 15 is 0 Å². The van der Waals surface area contributed by atoms with Crippen LogP contribution in [-0.2, 0) is 0 Å². The molecule has 0 N–H and O–H groups in total. The topological polar surface area (TPSA) is 27.1 Å². The molecule has 1 fully saturated rings. The first-order chi connectivity index (χ1) is 10.0. The SMILES string of the molecule is COc1ccc2c(c1)nc(C(C)Cl)n2C1CCC(C)C1C. The number of alkyl halides is 1. The maximum Gasteiger partial charge on any atom is 0.127 e. The number of rotatable bonds is 3. The van der Waals surface area contributed by atoms with Crippen molar-refractivity contribution < 1.29 is 4.74 Å². The van der Waals surface area contributed by atoms with Gasteiger partial charge in [0.1, 0.15) is 11.6 Å². The predicted octanol–water partition coefficient (Wildman–Crippen LogP) is 4.95. The van der Waals surface area contributed by atoms with E-state index in [4.69, 9.17) is 21.3 Å². The number of hydrogen-bond acceptors (Lipinski definition) is 2. The Morgan fingerprint density at radius 3 is 2.67 bits per heavy atom. The van der Waals surface area contributed by atoms with Crippen molar-refractivity contribution in [1.82, 2.24) is 9.55 Å². The maximum absolute atomic E-state index is 6.40. The molecule has 0 amide bonds. The highest BCUT2D eigenvalue weighted by molar-refractivity contribution is 6.20. The van der Waals surface area contributed by atoms with Gasteiger partial charge in [-0.1, -0.05) is 13.8 Å². The van der Waals surface area contributed by atoms with Crippen LogP contribution in [0.1, 0.15) is 50.9 Å². The van der Waals surface area contributed by atoms with Gasteiger partial charge in [0.25, 0.3) is 0 Å². The highest BCUT2D eigenvalue weighted by Crippen LogP contribution is 2.43. The fourth-order valence-electron chi connectivity index (χ4n) is 3.56. The van der Waals surface area contributed by atoms with Crippen LogP contribution in [0.15, 0.2) is 18.2 Å². The first kappa shape index (κ1) is 14.7. The molecule has 1 aromatic heterocycles. The van der Waals surface area contributed by atoms with E-state index in [9.17, 15) is 0 Å². The van der Waals surface area contributed by atoms with Crippen LogP contribution in [0.5, 0.6) is 5.75 Å². The molecule has 4 unspecified atom stereocenters. The fourth-order valence-corrected chi connectivity index (χ4v) is 3.71. The van der Waals surface area contributed by atoms with Gasteiger partial charge in [-0.3, -0.25) is 0 Å². The number of hydrogen-bond donors (Lipinski definition) is 0. The van der Waals surface area contributed by atoms with E-state index in [1.54, 1.807) is 7.11 Å². The van der Waals surface area contributed by atoms with Crippen molar-refractivity contribution in [1.29, 1.82) is 0 Å². The lowest BCUT2D eigenvalue weighted by atomic mass is 9.97. The van der Waals surface area contributed by atoms with Crippen LogP contribution < -0.4 is 4.74 Å². The average molecular weight is 307 g/mol. The average Bonchev–Trinajstić information content (AvgIpc) is 2.99. The van der Waals surface area contributed by atoms with Crippen LogP contribution in [0.4, 0.5) is 0 Å². The molecule has 0 bridgehead atoms. The molecule has 114 valence electrons. The molecule has 1 aromatic carbocycles. The van der Waals surface area contributed by atoms with Crippen molar-refractivity contribution in [3.63, 3.8) is 0 Å². The lowest BCUT2D eigenvalue weighted by Crippen LogP contribution is -2.17. The second-order valence-corrected chi connectivity index (χ2v) is 6.95. The Morgan fingerprint density at radius 2 is 2.10 bits per heavy atom. The predicted molar refractivity (Wildman–Crippen MR) is 87.2 cm³/mol. The third kappa shape index (κ3) is 2.42. The van der Waals surface area contributed by atoms with Crippen molar-refractivity contribution in [3.8, 4) is 5.75 Å². The van der Waals surface area contributed by atoms with E-state index in [2.05, 4.69) is 24.5 Å². The van der Waals surface area contributed by atoms with Gasteiger partial charge in [0.15, 0.2) is 0 Å². The molecule has 0 radical (unpaired) electrons. The largest absolute Gasteiger partial charge is 0.497 e. The first-order valence-electron chi connectivity index (χ1n) is 7.73. The van der Waals surface area contributed by atoms with Gasteiger partial charge in [0.05, 0.1) is 23.5 Å². The van der Waals surface area contributed by atoms with E-state index in [1.807, 2.05) is 19.1 Å². The van der Waals surface area contributed by atoms with Gasteiger partial charge in [-0.05, 0) is 43.7 Å². The molecule has 1 saturated carbocycles. The summed E-state index contributed by atoms with van der Waals surface area (Å²) in [7, 11) is 1.68. The Hall–Kier alpha value is -1.22. The Bertz CT molecular complexity index is 650. The Balaban J connectivity index is 2.17. The Kier molecular flexibility index (Phi) is 3.87. The number of imidazole rings is 1. The summed E-state index contributed by atoms with van der Waals surface area (Å²) in [6.45, 7) is 6.69. The zero-order chi connectivity index (χ0) is 15.1. The lowest BCUT2D eigenvalue weighted by molar-refractivity contribution is 0.352. The molecule has 1 aliphatic rings. The van der Waals surface area contributed by atoms with Gasteiger partial charge < -0.3 is 9.30 Å². The highest BCUT2D eigenvalue weighted by atomic mass is 35.5. The summed E-state index contributed by atoms with van der Waals surface area (Å²) in [5, 5.41) is -0.0912. The van der Waals surface area contributed by atoms with Gasteiger partial charge in [0, 0.05) is 12.1 Å². The fraction of sp³-hybridized carbons (Fsp3) is 0.588. The van der Waals surface area contributed by atoms with Gasteiger partial charge in [0.2, 0.25) is 0 Å². The second kappa shape index (κ2) is 5.53. The lowest BCUT2D eigenvalue weighted by Gasteiger charge is -2.23. The van der Waals surface area contributed by atoms with E-state index in [0.717, 1.165) is 23.0 Å². The summed E-state index contributed by atoms with van der Waals surface area (Å²) < 4.78 is 7.69. The smallest absolute Gasteiger partial charge is 0.127 e. The summed E-state index contributed by atoms with van der Waals surface area (Å²) in [5.74, 6) is 3.22. The van der Waals surface area contributed by atoms with E-state index in [-0.39, 0.29) is 5.38 Å². The van der Waals surface area contributed by atoms with E-state index in [1.165, 1.54) is 18.4 Å². The van der Waals surface area contributed by atoms with Crippen LogP contribution in [0, 0.1) is 11.8 Å². The molecule has 2 aromatic rings. The normalized spacial score (nSPS) is 27.2. The molecule has 1 aliphatic carbocycles. The van der Waals surface area contributed by atoms with Crippen molar-refractivity contribution in [2.24, 2.45) is 11.8 Å². The molecule has 21 heavy (non-hydrogen) atoms. The number of aromatic nitrogens is 2. The number of ether oxygens (including phenoxy) is 1. The number of nitrogens with zero attached hydrogens (tertiary/aromatic N) is 2. The summed E-state index contributed by atoms with van der Waals surface area (Å²) in [6, 6.07) is 6.61. The molecule has 0 saturated heterocycles. The number of benzene rings is 1. The molecule has 3 rings (SSSR count). The highest BCUT2D eigenvalue weighted by Gasteiger charge is 2.34. The number of methoxy groups -OCH3 is 1. The van der Waals surface area contributed by atoms with Gasteiger partial charge >= 0.3 is 0 Å². The Morgan fingerprint density at radius 1 is 1.33 bits per heavy atom. The summed E-state index contributed by atoms with van der Waals surface area (Å²) >= 11 is 6.40. The van der Waals surface area contributed by atoms with Crippen LogP contribution in [0.3, 0.4) is 0 Å². The van der Waals surface area contributed by atoms with E-state index in [0.29, 0.717) is 12.0 Å². The summed E-state index contributed by atoms with van der Waals surface area (Å²) in [6.07, 6.45) is 2.48. The summed E-state index contributed by atoms with van der Waals surface area (Å²) in [4.78, 5) is 4.78. The van der Waals surface area contributed by atoms with Crippen molar-refractivity contribution >= 4 is 22.6 Å². The minimum absolute atomic E-state index is 0.0912. The minimum Gasteiger partial charge on any atom is -0.497 e. The monoisotopic (exact) mass is 306 g/mol. The van der Waals surface area contributed by atoms with Gasteiger partial charge in [-0.15, -0.1) is 11.6 Å². The van der Waals surface area contributed by atoms with Crippen molar-refractivity contribution in [2.45, 2.75) is 45.0 Å². The van der Waals surface area contributed by atoms with Gasteiger partial charge in [-0.2, -0.15) is 0 Å². The Labute approximate surface area is 131 Å².